The molecule has 0 unspecified atom stereocenters. The number of carboxylic acid groups (broad SMARTS) is 1. The highest BCUT2D eigenvalue weighted by molar-refractivity contribution is 7.99. The van der Waals surface area contributed by atoms with Crippen molar-refractivity contribution in [3.63, 3.8) is 0 Å². The second-order valence-corrected chi connectivity index (χ2v) is 5.86. The number of nitrogens with zero attached hydrogens (tertiary/aromatic N) is 1. The molecule has 1 aromatic heterocycles. The first-order valence-electron chi connectivity index (χ1n) is 7.22. The van der Waals surface area contributed by atoms with Gasteiger partial charge in [-0.2, -0.15) is 0 Å². The molecule has 0 atom stereocenters. The van der Waals surface area contributed by atoms with E-state index < -0.39 is 5.97 Å². The summed E-state index contributed by atoms with van der Waals surface area (Å²) >= 11 is 1.05. The van der Waals surface area contributed by atoms with Gasteiger partial charge in [0.1, 0.15) is 17.2 Å². The van der Waals surface area contributed by atoms with Gasteiger partial charge >= 0.3 is 5.97 Å². The van der Waals surface area contributed by atoms with Gasteiger partial charge in [-0.1, -0.05) is 54.2 Å². The van der Waals surface area contributed by atoms with Crippen LogP contribution in [0.5, 0.6) is 5.75 Å². The van der Waals surface area contributed by atoms with Crippen molar-refractivity contribution in [3.05, 3.63) is 54.6 Å². The molecule has 122 valence electrons. The lowest BCUT2D eigenvalue weighted by atomic mass is 10.1. The number of oxazole rings is 1. The lowest BCUT2D eigenvalue weighted by molar-refractivity contribution is -0.133. The zero-order valence-electron chi connectivity index (χ0n) is 12.9. The first kappa shape index (κ1) is 16.1. The van der Waals surface area contributed by atoms with Crippen LogP contribution in [0.4, 0.5) is 0 Å². The van der Waals surface area contributed by atoms with Crippen LogP contribution in [0.2, 0.25) is 0 Å². The Balaban J connectivity index is 2.06. The van der Waals surface area contributed by atoms with Crippen LogP contribution in [0.3, 0.4) is 0 Å². The lowest BCUT2D eigenvalue weighted by Gasteiger charge is -2.04. The van der Waals surface area contributed by atoms with Crippen molar-refractivity contribution in [2.24, 2.45) is 0 Å². The van der Waals surface area contributed by atoms with Gasteiger partial charge in [0.05, 0.1) is 7.11 Å². The van der Waals surface area contributed by atoms with Gasteiger partial charge in [0.25, 0.3) is 5.22 Å². The van der Waals surface area contributed by atoms with Gasteiger partial charge in [-0.25, -0.2) is 4.98 Å². The number of aliphatic carboxylic acids is 1. The fourth-order valence-corrected chi connectivity index (χ4v) is 2.78. The van der Waals surface area contributed by atoms with E-state index in [9.17, 15) is 4.79 Å². The van der Waals surface area contributed by atoms with Crippen LogP contribution in [-0.4, -0.2) is 28.9 Å². The highest BCUT2D eigenvalue weighted by Gasteiger charge is 2.18. The first-order chi connectivity index (χ1) is 11.7. The zero-order valence-corrected chi connectivity index (χ0v) is 13.7. The highest BCUT2D eigenvalue weighted by Crippen LogP contribution is 2.36. The van der Waals surface area contributed by atoms with Crippen molar-refractivity contribution in [2.75, 3.05) is 12.9 Å². The van der Waals surface area contributed by atoms with E-state index in [0.29, 0.717) is 22.4 Å². The van der Waals surface area contributed by atoms with Crippen molar-refractivity contribution >= 4 is 17.7 Å². The molecule has 6 heteroatoms. The molecule has 1 heterocycles. The summed E-state index contributed by atoms with van der Waals surface area (Å²) in [6, 6.07) is 17.1. The monoisotopic (exact) mass is 341 g/mol. The molecule has 0 aliphatic carbocycles. The van der Waals surface area contributed by atoms with Crippen LogP contribution >= 0.6 is 11.8 Å². The number of ether oxygens (including phenoxy) is 1. The first-order valence-corrected chi connectivity index (χ1v) is 8.21. The van der Waals surface area contributed by atoms with E-state index in [0.717, 1.165) is 22.9 Å². The predicted molar refractivity (Wildman–Crippen MR) is 92.3 cm³/mol. The summed E-state index contributed by atoms with van der Waals surface area (Å²) in [5, 5.41) is 9.17. The largest absolute Gasteiger partial charge is 0.497 e. The number of rotatable bonds is 6. The maximum atomic E-state index is 10.8. The number of aromatic nitrogens is 1. The molecule has 3 rings (SSSR count). The molecule has 2 aromatic carbocycles. The Bertz CT molecular complexity index is 845. The second kappa shape index (κ2) is 7.23. The van der Waals surface area contributed by atoms with E-state index in [1.807, 2.05) is 54.6 Å². The van der Waals surface area contributed by atoms with Gasteiger partial charge in [0.15, 0.2) is 5.76 Å². The van der Waals surface area contributed by atoms with Gasteiger partial charge in [-0.05, 0) is 12.1 Å². The van der Waals surface area contributed by atoms with Crippen LogP contribution in [-0.2, 0) is 4.79 Å². The van der Waals surface area contributed by atoms with Gasteiger partial charge in [-0.15, -0.1) is 0 Å². The Morgan fingerprint density at radius 1 is 1.17 bits per heavy atom. The van der Waals surface area contributed by atoms with Crippen molar-refractivity contribution in [3.8, 4) is 28.3 Å². The molecule has 0 saturated heterocycles. The number of hydrogen-bond donors (Lipinski definition) is 1. The van der Waals surface area contributed by atoms with E-state index in [1.165, 1.54) is 0 Å². The standard InChI is InChI=1S/C18H15NO4S/c1-22-14-9-5-8-13(10-14)17-16(12-6-3-2-4-7-12)19-18(23-17)24-11-15(20)21/h2-10H,11H2,1H3,(H,20,21). The minimum absolute atomic E-state index is 0.105. The summed E-state index contributed by atoms with van der Waals surface area (Å²) < 4.78 is 11.1. The summed E-state index contributed by atoms with van der Waals surface area (Å²) in [4.78, 5) is 15.3. The third-order valence-electron chi connectivity index (χ3n) is 3.31. The fraction of sp³-hybridized carbons (Fsp3) is 0.111. The topological polar surface area (TPSA) is 72.6 Å². The smallest absolute Gasteiger partial charge is 0.314 e. The molecule has 0 spiro atoms. The van der Waals surface area contributed by atoms with Crippen molar-refractivity contribution in [1.82, 2.24) is 4.98 Å². The van der Waals surface area contributed by atoms with E-state index in [-0.39, 0.29) is 5.75 Å². The molecule has 0 radical (unpaired) electrons. The molecule has 0 fully saturated rings. The Morgan fingerprint density at radius 3 is 2.62 bits per heavy atom. The summed E-state index contributed by atoms with van der Waals surface area (Å²) in [6.07, 6.45) is 0. The molecular weight excluding hydrogens is 326 g/mol. The molecule has 0 aliphatic heterocycles. The van der Waals surface area contributed by atoms with E-state index in [4.69, 9.17) is 14.3 Å². The summed E-state index contributed by atoms with van der Waals surface area (Å²) in [5.74, 6) is 0.282. The Kier molecular flexibility index (Phi) is 4.86. The van der Waals surface area contributed by atoms with E-state index in [1.54, 1.807) is 7.11 Å². The van der Waals surface area contributed by atoms with Gasteiger partial charge in [0.2, 0.25) is 0 Å². The van der Waals surface area contributed by atoms with Crippen LogP contribution < -0.4 is 4.74 Å². The second-order valence-electron chi connectivity index (χ2n) is 4.94. The van der Waals surface area contributed by atoms with Crippen molar-refractivity contribution in [1.29, 1.82) is 0 Å². The maximum Gasteiger partial charge on any atom is 0.314 e. The summed E-state index contributed by atoms with van der Waals surface area (Å²) in [6.45, 7) is 0. The molecule has 0 bridgehead atoms. The molecule has 0 saturated carbocycles. The van der Waals surface area contributed by atoms with Crippen LogP contribution in [0.15, 0.2) is 64.2 Å². The molecule has 24 heavy (non-hydrogen) atoms. The lowest BCUT2D eigenvalue weighted by Crippen LogP contribution is -1.97. The van der Waals surface area contributed by atoms with Gasteiger partial charge < -0.3 is 14.3 Å². The third kappa shape index (κ3) is 3.60. The fourth-order valence-electron chi connectivity index (χ4n) is 2.24. The third-order valence-corrected chi connectivity index (χ3v) is 4.12. The maximum absolute atomic E-state index is 10.8. The molecular formula is C18H15NO4S. The summed E-state index contributed by atoms with van der Waals surface area (Å²) in [5.41, 5.74) is 2.40. The normalized spacial score (nSPS) is 10.5. The minimum Gasteiger partial charge on any atom is -0.497 e. The van der Waals surface area contributed by atoms with Crippen LogP contribution in [0.1, 0.15) is 0 Å². The Morgan fingerprint density at radius 2 is 1.92 bits per heavy atom. The number of benzene rings is 2. The van der Waals surface area contributed by atoms with Crippen LogP contribution in [0.25, 0.3) is 22.6 Å². The highest BCUT2D eigenvalue weighted by atomic mass is 32.2. The molecule has 1 N–H and O–H groups in total. The molecule has 0 aliphatic rings. The summed E-state index contributed by atoms with van der Waals surface area (Å²) in [7, 11) is 1.60. The average molecular weight is 341 g/mol. The number of carbonyl (C=O) groups is 1. The number of thioether (sulfide) groups is 1. The molecule has 5 nitrogen and oxygen atoms in total. The van der Waals surface area contributed by atoms with Crippen LogP contribution in [0, 0.1) is 0 Å². The van der Waals surface area contributed by atoms with Crippen molar-refractivity contribution in [2.45, 2.75) is 5.22 Å². The van der Waals surface area contributed by atoms with E-state index >= 15 is 0 Å². The Labute approximate surface area is 143 Å². The number of hydrogen-bond acceptors (Lipinski definition) is 5. The number of carboxylic acids is 1. The quantitative estimate of drug-likeness (QED) is 0.678. The Hall–Kier alpha value is -2.73. The van der Waals surface area contributed by atoms with Gasteiger partial charge in [-0.3, -0.25) is 4.79 Å². The SMILES string of the molecule is COc1cccc(-c2oc(SCC(=O)O)nc2-c2ccccc2)c1. The van der Waals surface area contributed by atoms with Crippen molar-refractivity contribution < 1.29 is 19.1 Å². The minimum atomic E-state index is -0.914. The average Bonchev–Trinajstić information content (AvgIpc) is 3.05. The van der Waals surface area contributed by atoms with Gasteiger partial charge in [0, 0.05) is 11.1 Å². The zero-order chi connectivity index (χ0) is 16.9. The predicted octanol–water partition coefficient (Wildman–Crippen LogP) is 4.19. The van der Waals surface area contributed by atoms with E-state index in [2.05, 4.69) is 4.98 Å². The molecule has 3 aromatic rings. The number of methoxy groups -OCH3 is 1. The molecule has 0 amide bonds.